The average Bonchev–Trinajstić information content (AvgIpc) is 2.19. The van der Waals surface area contributed by atoms with E-state index in [4.69, 9.17) is 11.6 Å². The monoisotopic (exact) mass is 312 g/mol. The van der Waals surface area contributed by atoms with Gasteiger partial charge in [-0.1, -0.05) is 34.1 Å². The van der Waals surface area contributed by atoms with Crippen molar-refractivity contribution in [3.05, 3.63) is 39.9 Å². The summed E-state index contributed by atoms with van der Waals surface area (Å²) in [6.07, 6.45) is -0.720. The molecule has 0 atom stereocenters. The molecular formula is C11H9BrClF3. The Morgan fingerprint density at radius 2 is 2.00 bits per heavy atom. The lowest BCUT2D eigenvalue weighted by Crippen LogP contribution is -2.07. The van der Waals surface area contributed by atoms with Gasteiger partial charge in [0.1, 0.15) is 0 Å². The highest BCUT2D eigenvalue weighted by Gasteiger charge is 2.32. The van der Waals surface area contributed by atoms with Gasteiger partial charge in [0.15, 0.2) is 0 Å². The molecule has 0 aliphatic carbocycles. The molecule has 0 heterocycles. The van der Waals surface area contributed by atoms with Crippen LogP contribution < -0.4 is 0 Å². The van der Waals surface area contributed by atoms with Crippen molar-refractivity contribution >= 4 is 33.6 Å². The van der Waals surface area contributed by atoms with Gasteiger partial charge in [0.05, 0.1) is 5.56 Å². The molecule has 0 amide bonds. The van der Waals surface area contributed by atoms with Gasteiger partial charge in [0.2, 0.25) is 0 Å². The minimum atomic E-state index is -4.34. The molecule has 16 heavy (non-hydrogen) atoms. The lowest BCUT2D eigenvalue weighted by Gasteiger charge is -2.10. The molecule has 1 aromatic rings. The van der Waals surface area contributed by atoms with Gasteiger partial charge in [-0.05, 0) is 24.1 Å². The van der Waals surface area contributed by atoms with Crippen LogP contribution in [0, 0.1) is 0 Å². The standard InChI is InChI=1S/C11H9BrClF3/c12-9-5-4-8(3-1-2-6-13)10(7-9)11(14,15)16/h1,3-5,7H,2,6H2. The molecule has 0 fully saturated rings. The summed E-state index contributed by atoms with van der Waals surface area (Å²) in [6.45, 7) is 0. The minimum absolute atomic E-state index is 0.154. The van der Waals surface area contributed by atoms with E-state index < -0.39 is 11.7 Å². The van der Waals surface area contributed by atoms with Crippen LogP contribution in [0.4, 0.5) is 13.2 Å². The summed E-state index contributed by atoms with van der Waals surface area (Å²) in [6, 6.07) is 4.08. The lowest BCUT2D eigenvalue weighted by atomic mass is 10.1. The predicted octanol–water partition coefficient (Wildman–Crippen LogP) is 5.11. The van der Waals surface area contributed by atoms with E-state index in [-0.39, 0.29) is 5.56 Å². The number of rotatable bonds is 3. The quantitative estimate of drug-likeness (QED) is 0.680. The van der Waals surface area contributed by atoms with Crippen LogP contribution >= 0.6 is 27.5 Å². The molecule has 0 radical (unpaired) electrons. The van der Waals surface area contributed by atoms with E-state index in [0.717, 1.165) is 6.07 Å². The second-order valence-corrected chi connectivity index (χ2v) is 4.40. The van der Waals surface area contributed by atoms with Crippen molar-refractivity contribution < 1.29 is 13.2 Å². The SMILES string of the molecule is FC(F)(F)c1cc(Br)ccc1C=CCCCl. The van der Waals surface area contributed by atoms with Gasteiger partial charge in [0.25, 0.3) is 0 Å². The molecule has 0 saturated carbocycles. The highest BCUT2D eigenvalue weighted by molar-refractivity contribution is 9.10. The molecule has 1 rings (SSSR count). The zero-order valence-electron chi connectivity index (χ0n) is 8.19. The van der Waals surface area contributed by atoms with E-state index in [1.54, 1.807) is 12.1 Å². The summed E-state index contributed by atoms with van der Waals surface area (Å²) in [5, 5.41) is 0. The van der Waals surface area contributed by atoms with Crippen LogP contribution in [0.2, 0.25) is 0 Å². The van der Waals surface area contributed by atoms with Gasteiger partial charge in [-0.2, -0.15) is 13.2 Å². The van der Waals surface area contributed by atoms with Crippen LogP contribution in [-0.2, 0) is 6.18 Å². The Kier molecular flexibility index (Phi) is 4.87. The molecule has 88 valence electrons. The molecular weight excluding hydrogens is 304 g/mol. The zero-order valence-corrected chi connectivity index (χ0v) is 10.5. The number of halogens is 5. The van der Waals surface area contributed by atoms with Crippen LogP contribution in [0.15, 0.2) is 28.7 Å². The molecule has 0 aromatic heterocycles. The second kappa shape index (κ2) is 5.73. The van der Waals surface area contributed by atoms with Crippen molar-refractivity contribution in [2.45, 2.75) is 12.6 Å². The third-order valence-electron chi connectivity index (χ3n) is 1.89. The van der Waals surface area contributed by atoms with E-state index in [0.29, 0.717) is 16.8 Å². The zero-order chi connectivity index (χ0) is 12.2. The van der Waals surface area contributed by atoms with Crippen LogP contribution in [0.5, 0.6) is 0 Å². The van der Waals surface area contributed by atoms with Crippen LogP contribution in [0.25, 0.3) is 6.08 Å². The van der Waals surface area contributed by atoms with Gasteiger partial charge in [0, 0.05) is 10.4 Å². The number of hydrogen-bond donors (Lipinski definition) is 0. The van der Waals surface area contributed by atoms with Crippen LogP contribution in [0.1, 0.15) is 17.5 Å². The molecule has 0 spiro atoms. The molecule has 0 saturated heterocycles. The van der Waals surface area contributed by atoms with Gasteiger partial charge in [-0.3, -0.25) is 0 Å². The van der Waals surface area contributed by atoms with E-state index >= 15 is 0 Å². The highest BCUT2D eigenvalue weighted by atomic mass is 79.9. The normalized spacial score (nSPS) is 12.3. The first-order valence-electron chi connectivity index (χ1n) is 4.54. The first kappa shape index (κ1) is 13.6. The summed E-state index contributed by atoms with van der Waals surface area (Å²) in [5.74, 6) is 0.397. The number of benzene rings is 1. The van der Waals surface area contributed by atoms with E-state index in [1.807, 2.05) is 0 Å². The fourth-order valence-corrected chi connectivity index (χ4v) is 1.68. The van der Waals surface area contributed by atoms with Crippen LogP contribution in [-0.4, -0.2) is 5.88 Å². The van der Waals surface area contributed by atoms with Crippen molar-refractivity contribution in [1.82, 2.24) is 0 Å². The molecule has 0 N–H and O–H groups in total. The fourth-order valence-electron chi connectivity index (χ4n) is 1.19. The second-order valence-electron chi connectivity index (χ2n) is 3.11. The molecule has 5 heteroatoms. The maximum absolute atomic E-state index is 12.7. The topological polar surface area (TPSA) is 0 Å². The number of hydrogen-bond acceptors (Lipinski definition) is 0. The van der Waals surface area contributed by atoms with E-state index in [9.17, 15) is 13.2 Å². The minimum Gasteiger partial charge on any atom is -0.166 e. The predicted molar refractivity (Wildman–Crippen MR) is 63.5 cm³/mol. The van der Waals surface area contributed by atoms with Crippen molar-refractivity contribution in [1.29, 1.82) is 0 Å². The van der Waals surface area contributed by atoms with Gasteiger partial charge in [-0.15, -0.1) is 11.6 Å². The Bertz CT molecular complexity index is 385. The third kappa shape index (κ3) is 3.83. The van der Waals surface area contributed by atoms with Crippen LogP contribution in [0.3, 0.4) is 0 Å². The molecule has 0 aliphatic rings. The fraction of sp³-hybridized carbons (Fsp3) is 0.273. The average molecular weight is 314 g/mol. The summed E-state index contributed by atoms with van der Waals surface area (Å²) < 4.78 is 38.4. The summed E-state index contributed by atoms with van der Waals surface area (Å²) in [5.41, 5.74) is -0.492. The number of alkyl halides is 4. The van der Waals surface area contributed by atoms with Gasteiger partial charge in [-0.25, -0.2) is 0 Å². The summed E-state index contributed by atoms with van der Waals surface area (Å²) >= 11 is 8.47. The maximum atomic E-state index is 12.7. The Hall–Kier alpha value is -0.480. The Labute approximate surface area is 105 Å². The first-order chi connectivity index (χ1) is 7.45. The molecule has 0 bridgehead atoms. The largest absolute Gasteiger partial charge is 0.417 e. The van der Waals surface area contributed by atoms with Crippen molar-refractivity contribution in [2.75, 3.05) is 5.88 Å². The van der Waals surface area contributed by atoms with E-state index in [1.165, 1.54) is 12.1 Å². The lowest BCUT2D eigenvalue weighted by molar-refractivity contribution is -0.137. The molecule has 1 aromatic carbocycles. The molecule has 0 unspecified atom stereocenters. The van der Waals surface area contributed by atoms with E-state index in [2.05, 4.69) is 15.9 Å². The summed E-state index contributed by atoms with van der Waals surface area (Å²) in [7, 11) is 0. The molecule has 0 aliphatic heterocycles. The molecule has 0 nitrogen and oxygen atoms in total. The Morgan fingerprint density at radius 1 is 1.31 bits per heavy atom. The smallest absolute Gasteiger partial charge is 0.166 e. The first-order valence-corrected chi connectivity index (χ1v) is 5.87. The summed E-state index contributed by atoms with van der Waals surface area (Å²) in [4.78, 5) is 0. The highest BCUT2D eigenvalue weighted by Crippen LogP contribution is 2.34. The third-order valence-corrected chi connectivity index (χ3v) is 2.61. The Balaban J connectivity index is 3.08. The van der Waals surface area contributed by atoms with Crippen molar-refractivity contribution in [3.63, 3.8) is 0 Å². The van der Waals surface area contributed by atoms with Gasteiger partial charge < -0.3 is 0 Å². The maximum Gasteiger partial charge on any atom is 0.417 e. The van der Waals surface area contributed by atoms with Gasteiger partial charge >= 0.3 is 6.18 Å². The Morgan fingerprint density at radius 3 is 2.56 bits per heavy atom. The number of allylic oxidation sites excluding steroid dienone is 1. The van der Waals surface area contributed by atoms with Crippen molar-refractivity contribution in [2.24, 2.45) is 0 Å². The van der Waals surface area contributed by atoms with Crippen molar-refractivity contribution in [3.8, 4) is 0 Å².